The van der Waals surface area contributed by atoms with Crippen molar-refractivity contribution in [2.45, 2.75) is 37.8 Å². The summed E-state index contributed by atoms with van der Waals surface area (Å²) < 4.78 is 0. The normalized spacial score (nSPS) is 12.3. The molecule has 0 saturated carbocycles. The van der Waals surface area contributed by atoms with Crippen LogP contribution in [0.4, 0.5) is 0 Å². The first-order valence-corrected chi connectivity index (χ1v) is 7.86. The predicted molar refractivity (Wildman–Crippen MR) is 88.9 cm³/mol. The summed E-state index contributed by atoms with van der Waals surface area (Å²) in [4.78, 5) is 67.7. The van der Waals surface area contributed by atoms with Crippen LogP contribution in [0.3, 0.4) is 0 Å². The van der Waals surface area contributed by atoms with E-state index in [0.29, 0.717) is 0 Å². The van der Waals surface area contributed by atoms with E-state index in [-0.39, 0.29) is 25.8 Å². The first kappa shape index (κ1) is 23.8. The number of carbonyl (C=O) groups is 6. The summed E-state index contributed by atoms with van der Waals surface area (Å²) in [6.07, 6.45) is -1.37. The number of amides is 4. The molecule has 0 rings (SSSR count). The van der Waals surface area contributed by atoms with Gasteiger partial charge in [0.05, 0.1) is 13.1 Å². The summed E-state index contributed by atoms with van der Waals surface area (Å²) in [5.74, 6) is -5.79. The largest absolute Gasteiger partial charge is 0.481 e. The van der Waals surface area contributed by atoms with Crippen molar-refractivity contribution in [1.82, 2.24) is 16.0 Å². The summed E-state index contributed by atoms with van der Waals surface area (Å²) >= 11 is 0. The second-order valence-electron chi connectivity index (χ2n) is 5.44. The van der Waals surface area contributed by atoms with Gasteiger partial charge in [-0.1, -0.05) is 0 Å². The van der Waals surface area contributed by atoms with Crippen molar-refractivity contribution in [3.8, 4) is 0 Å². The lowest BCUT2D eigenvalue weighted by Gasteiger charge is -2.21. The van der Waals surface area contributed by atoms with Gasteiger partial charge in [0.25, 0.3) is 0 Å². The van der Waals surface area contributed by atoms with Gasteiger partial charge in [-0.15, -0.1) is 0 Å². The van der Waals surface area contributed by atoms with Crippen LogP contribution in [0.5, 0.6) is 0 Å². The van der Waals surface area contributed by atoms with E-state index in [4.69, 9.17) is 21.7 Å². The van der Waals surface area contributed by atoms with Gasteiger partial charge < -0.3 is 37.6 Å². The number of aliphatic carboxylic acids is 2. The van der Waals surface area contributed by atoms with Crippen LogP contribution in [-0.4, -0.2) is 71.0 Å². The van der Waals surface area contributed by atoms with Crippen molar-refractivity contribution >= 4 is 35.6 Å². The highest BCUT2D eigenvalue weighted by atomic mass is 16.4. The SMILES string of the molecule is NCC(=O)NCC(=O)NC(CCC(=O)O)C(=O)NC(CCC(N)=O)C(=O)O. The summed E-state index contributed by atoms with van der Waals surface area (Å²) in [6, 6.07) is -2.81. The third kappa shape index (κ3) is 11.1. The fourth-order valence-electron chi connectivity index (χ4n) is 1.85. The molecule has 0 radical (unpaired) electrons. The minimum absolute atomic E-state index is 0.275. The maximum absolute atomic E-state index is 12.2. The van der Waals surface area contributed by atoms with Crippen LogP contribution < -0.4 is 27.4 Å². The van der Waals surface area contributed by atoms with Crippen molar-refractivity contribution in [3.05, 3.63) is 0 Å². The van der Waals surface area contributed by atoms with Gasteiger partial charge in [0.15, 0.2) is 0 Å². The fourth-order valence-corrected chi connectivity index (χ4v) is 1.85. The Kier molecular flexibility index (Phi) is 10.7. The molecular formula is C14H23N5O8. The third-order valence-electron chi connectivity index (χ3n) is 3.22. The predicted octanol–water partition coefficient (Wildman–Crippen LogP) is -3.75. The van der Waals surface area contributed by atoms with Gasteiger partial charge in [-0.3, -0.25) is 24.0 Å². The van der Waals surface area contributed by atoms with E-state index in [9.17, 15) is 28.8 Å². The van der Waals surface area contributed by atoms with Gasteiger partial charge in [-0.2, -0.15) is 0 Å². The van der Waals surface area contributed by atoms with Gasteiger partial charge in [0, 0.05) is 12.8 Å². The summed E-state index contributed by atoms with van der Waals surface area (Å²) in [5, 5.41) is 24.3. The molecule has 0 bridgehead atoms. The number of carboxylic acid groups (broad SMARTS) is 2. The van der Waals surface area contributed by atoms with Crippen LogP contribution in [0.15, 0.2) is 0 Å². The molecule has 13 nitrogen and oxygen atoms in total. The quantitative estimate of drug-likeness (QED) is 0.164. The molecule has 0 spiro atoms. The molecule has 2 atom stereocenters. The summed E-state index contributed by atoms with van der Waals surface area (Å²) in [5.41, 5.74) is 10.00. The zero-order chi connectivity index (χ0) is 21.0. The van der Waals surface area contributed by atoms with E-state index in [0.717, 1.165) is 0 Å². The zero-order valence-corrected chi connectivity index (χ0v) is 14.4. The lowest BCUT2D eigenvalue weighted by atomic mass is 10.1. The van der Waals surface area contributed by atoms with Crippen LogP contribution in [0, 0.1) is 0 Å². The van der Waals surface area contributed by atoms with Crippen LogP contribution in [0.25, 0.3) is 0 Å². The molecule has 0 aromatic rings. The average Bonchev–Trinajstić information content (AvgIpc) is 2.58. The van der Waals surface area contributed by atoms with E-state index in [1.165, 1.54) is 0 Å². The topological polar surface area (TPSA) is 231 Å². The molecule has 27 heavy (non-hydrogen) atoms. The van der Waals surface area contributed by atoms with Crippen molar-refractivity contribution < 1.29 is 39.0 Å². The molecule has 0 heterocycles. The average molecular weight is 389 g/mol. The monoisotopic (exact) mass is 389 g/mol. The van der Waals surface area contributed by atoms with Crippen LogP contribution >= 0.6 is 0 Å². The van der Waals surface area contributed by atoms with E-state index < -0.39 is 60.6 Å². The van der Waals surface area contributed by atoms with Crippen molar-refractivity contribution in [1.29, 1.82) is 0 Å². The molecule has 2 unspecified atom stereocenters. The Morgan fingerprint density at radius 2 is 1.44 bits per heavy atom. The number of primary amides is 1. The summed E-state index contributed by atoms with van der Waals surface area (Å²) in [6.45, 7) is -0.854. The Labute approximate surface area is 153 Å². The molecule has 0 aliphatic carbocycles. The molecule has 0 aromatic carbocycles. The lowest BCUT2D eigenvalue weighted by Crippen LogP contribution is -2.53. The minimum atomic E-state index is -1.45. The third-order valence-corrected chi connectivity index (χ3v) is 3.22. The maximum atomic E-state index is 12.2. The molecule has 13 heteroatoms. The van der Waals surface area contributed by atoms with Crippen molar-refractivity contribution in [2.75, 3.05) is 13.1 Å². The Hall–Kier alpha value is -3.22. The minimum Gasteiger partial charge on any atom is -0.481 e. The fraction of sp³-hybridized carbons (Fsp3) is 0.571. The number of hydrogen-bond donors (Lipinski definition) is 7. The number of nitrogens with two attached hydrogens (primary N) is 2. The molecule has 0 aliphatic heterocycles. The Balaban J connectivity index is 4.96. The highest BCUT2D eigenvalue weighted by Crippen LogP contribution is 2.02. The number of rotatable bonds is 13. The number of hydrogen-bond acceptors (Lipinski definition) is 7. The van der Waals surface area contributed by atoms with Gasteiger partial charge in [0.2, 0.25) is 23.6 Å². The molecule has 152 valence electrons. The van der Waals surface area contributed by atoms with Crippen LogP contribution in [0.2, 0.25) is 0 Å². The van der Waals surface area contributed by atoms with Crippen LogP contribution in [0.1, 0.15) is 25.7 Å². The van der Waals surface area contributed by atoms with E-state index in [2.05, 4.69) is 16.0 Å². The first-order valence-electron chi connectivity index (χ1n) is 7.86. The molecule has 0 aliphatic rings. The lowest BCUT2D eigenvalue weighted by molar-refractivity contribution is -0.143. The first-order chi connectivity index (χ1) is 12.6. The highest BCUT2D eigenvalue weighted by Gasteiger charge is 2.27. The smallest absolute Gasteiger partial charge is 0.326 e. The van der Waals surface area contributed by atoms with Crippen LogP contribution in [-0.2, 0) is 28.8 Å². The Morgan fingerprint density at radius 1 is 0.852 bits per heavy atom. The Morgan fingerprint density at radius 3 is 1.93 bits per heavy atom. The van der Waals surface area contributed by atoms with Crippen molar-refractivity contribution in [3.63, 3.8) is 0 Å². The standard InChI is InChI=1S/C14H23N5O8/c15-5-10(21)17-6-11(22)18-7(2-4-12(23)24)13(25)19-8(14(26)27)1-3-9(16)20/h7-8H,1-6,15H2,(H2,16,20)(H,17,21)(H,18,22)(H,19,25)(H,23,24)(H,26,27). The molecule has 0 saturated heterocycles. The summed E-state index contributed by atoms with van der Waals surface area (Å²) in [7, 11) is 0. The zero-order valence-electron chi connectivity index (χ0n) is 14.4. The number of carbonyl (C=O) groups excluding carboxylic acids is 4. The molecule has 0 aromatic heterocycles. The molecule has 4 amide bonds. The number of carboxylic acids is 2. The van der Waals surface area contributed by atoms with Crippen molar-refractivity contribution in [2.24, 2.45) is 11.5 Å². The van der Waals surface area contributed by atoms with Gasteiger partial charge in [-0.25, -0.2) is 4.79 Å². The highest BCUT2D eigenvalue weighted by molar-refractivity contribution is 5.92. The van der Waals surface area contributed by atoms with E-state index in [1.54, 1.807) is 0 Å². The second-order valence-corrected chi connectivity index (χ2v) is 5.44. The Bertz CT molecular complexity index is 594. The maximum Gasteiger partial charge on any atom is 0.326 e. The molecule has 9 N–H and O–H groups in total. The second kappa shape index (κ2) is 12.2. The van der Waals surface area contributed by atoms with Gasteiger partial charge in [0.1, 0.15) is 12.1 Å². The van der Waals surface area contributed by atoms with E-state index in [1.807, 2.05) is 0 Å². The number of nitrogens with one attached hydrogen (secondary N) is 3. The van der Waals surface area contributed by atoms with E-state index >= 15 is 0 Å². The molecule has 0 fully saturated rings. The van der Waals surface area contributed by atoms with Gasteiger partial charge >= 0.3 is 11.9 Å². The molecular weight excluding hydrogens is 366 g/mol. The van der Waals surface area contributed by atoms with Gasteiger partial charge in [-0.05, 0) is 12.8 Å².